The summed E-state index contributed by atoms with van der Waals surface area (Å²) in [7, 11) is 0. The molecule has 0 spiro atoms. The Balaban J connectivity index is 1.29. The minimum atomic E-state index is -0.593. The number of hydrogen-bond acceptors (Lipinski definition) is 5. The van der Waals surface area contributed by atoms with Crippen LogP contribution in [0.4, 0.5) is 9.18 Å². The van der Waals surface area contributed by atoms with Crippen LogP contribution in [0.1, 0.15) is 69.3 Å². The van der Waals surface area contributed by atoms with Gasteiger partial charge in [0.25, 0.3) is 5.91 Å². The van der Waals surface area contributed by atoms with Crippen molar-refractivity contribution in [1.82, 2.24) is 19.7 Å². The highest BCUT2D eigenvalue weighted by Gasteiger charge is 2.40. The summed E-state index contributed by atoms with van der Waals surface area (Å²) in [5.41, 5.74) is 2.35. The molecule has 0 aliphatic heterocycles. The molecule has 1 saturated carbocycles. The van der Waals surface area contributed by atoms with Crippen molar-refractivity contribution in [3.63, 3.8) is 0 Å². The summed E-state index contributed by atoms with van der Waals surface area (Å²) >= 11 is 0. The number of pyridine rings is 1. The molecular formula is C27H31FN4O3. The molecule has 2 atom stereocenters. The number of aryl methyl sites for hydroxylation is 1. The van der Waals surface area contributed by atoms with Crippen molar-refractivity contribution < 1.29 is 18.7 Å². The maximum absolute atomic E-state index is 14.1. The number of ether oxygens (including phenoxy) is 1. The highest BCUT2D eigenvalue weighted by atomic mass is 19.1. The molecule has 7 nitrogen and oxygen atoms in total. The summed E-state index contributed by atoms with van der Waals surface area (Å²) in [4.78, 5) is 32.3. The number of halogens is 1. The van der Waals surface area contributed by atoms with Crippen LogP contribution < -0.4 is 0 Å². The van der Waals surface area contributed by atoms with E-state index < -0.39 is 11.7 Å². The monoisotopic (exact) mass is 478 g/mol. The van der Waals surface area contributed by atoms with Crippen LogP contribution in [-0.2, 0) is 22.4 Å². The molecule has 2 heterocycles. The molecule has 8 heteroatoms. The van der Waals surface area contributed by atoms with E-state index in [1.807, 2.05) is 43.9 Å². The van der Waals surface area contributed by atoms with Gasteiger partial charge < -0.3 is 9.64 Å². The molecule has 2 aromatic heterocycles. The van der Waals surface area contributed by atoms with Crippen molar-refractivity contribution >= 4 is 12.0 Å². The quantitative estimate of drug-likeness (QED) is 0.636. The molecule has 0 N–H and O–H groups in total. The summed E-state index contributed by atoms with van der Waals surface area (Å²) in [6.07, 6.45) is 13.2. The number of allylic oxidation sites excluding steroid dienone is 2. The Bertz CT molecular complexity index is 1210. The number of fused-ring (bicyclic) bond motifs is 1. The molecule has 0 radical (unpaired) electrons. The summed E-state index contributed by atoms with van der Waals surface area (Å²) in [5, 5.41) is 4.45. The zero-order chi connectivity index (χ0) is 24.7. The van der Waals surface area contributed by atoms with Gasteiger partial charge in [-0.1, -0.05) is 18.2 Å². The minimum Gasteiger partial charge on any atom is -0.442 e. The lowest BCUT2D eigenvalue weighted by atomic mass is 9.90. The lowest BCUT2D eigenvalue weighted by molar-refractivity contribution is -0.130. The highest BCUT2D eigenvalue weighted by molar-refractivity contribution is 5.97. The van der Waals surface area contributed by atoms with E-state index in [-0.39, 0.29) is 29.7 Å². The van der Waals surface area contributed by atoms with Crippen LogP contribution in [0.15, 0.2) is 48.3 Å². The third-order valence-corrected chi connectivity index (χ3v) is 6.68. The Hall–Kier alpha value is -3.29. The van der Waals surface area contributed by atoms with Gasteiger partial charge in [-0.25, -0.2) is 9.18 Å². The molecule has 0 aromatic carbocycles. The molecule has 35 heavy (non-hydrogen) atoms. The molecule has 1 fully saturated rings. The van der Waals surface area contributed by atoms with Gasteiger partial charge in [-0.15, -0.1) is 0 Å². The Kier molecular flexibility index (Phi) is 6.07. The standard InChI is InChI=1S/C27H31FN4O3/c1-27(2,3)35-26(34)31-16-19-15-21(12-13-23(19)30-31)32(20-10-11-20)25(33)18-8-6-17(7-9-18)24-22(28)5-4-14-29-24/h4-6,8-9,14,16-17,20-21H,7,10-13,15H2,1-3H3. The average molecular weight is 479 g/mol. The van der Waals surface area contributed by atoms with Crippen LogP contribution in [0.25, 0.3) is 0 Å². The molecule has 0 bridgehead atoms. The Labute approximate surface area is 204 Å². The summed E-state index contributed by atoms with van der Waals surface area (Å²) in [5.74, 6) is -0.468. The van der Waals surface area contributed by atoms with Gasteiger partial charge in [-0.05, 0) is 77.0 Å². The number of rotatable bonds is 4. The van der Waals surface area contributed by atoms with Crippen LogP contribution in [-0.4, -0.2) is 49.3 Å². The van der Waals surface area contributed by atoms with E-state index in [9.17, 15) is 14.0 Å². The number of amides is 1. The maximum Gasteiger partial charge on any atom is 0.435 e. The average Bonchev–Trinajstić information content (AvgIpc) is 3.55. The number of aromatic nitrogens is 3. The predicted molar refractivity (Wildman–Crippen MR) is 128 cm³/mol. The molecule has 0 saturated heterocycles. The van der Waals surface area contributed by atoms with Crippen LogP contribution in [0.3, 0.4) is 0 Å². The van der Waals surface area contributed by atoms with E-state index in [2.05, 4.69) is 10.1 Å². The maximum atomic E-state index is 14.1. The van der Waals surface area contributed by atoms with Crippen molar-refractivity contribution in [3.05, 3.63) is 71.1 Å². The fourth-order valence-corrected chi connectivity index (χ4v) is 4.91. The highest BCUT2D eigenvalue weighted by Crippen LogP contribution is 2.36. The van der Waals surface area contributed by atoms with Crippen molar-refractivity contribution in [1.29, 1.82) is 0 Å². The molecule has 5 rings (SSSR count). The smallest absolute Gasteiger partial charge is 0.435 e. The lowest BCUT2D eigenvalue weighted by Crippen LogP contribution is -2.45. The van der Waals surface area contributed by atoms with Gasteiger partial charge in [0.15, 0.2) is 0 Å². The van der Waals surface area contributed by atoms with Gasteiger partial charge >= 0.3 is 6.09 Å². The zero-order valence-electron chi connectivity index (χ0n) is 20.4. The van der Waals surface area contributed by atoms with Crippen LogP contribution in [0, 0.1) is 5.82 Å². The molecule has 3 aliphatic rings. The first kappa shape index (κ1) is 23.5. The second kappa shape index (κ2) is 9.06. The fraction of sp³-hybridized carbons (Fsp3) is 0.481. The lowest BCUT2D eigenvalue weighted by Gasteiger charge is -2.35. The van der Waals surface area contributed by atoms with Crippen LogP contribution in [0.5, 0.6) is 0 Å². The van der Waals surface area contributed by atoms with Crippen LogP contribution in [0.2, 0.25) is 0 Å². The number of carbonyl (C=O) groups excluding carboxylic acids is 2. The number of nitrogens with zero attached hydrogens (tertiary/aromatic N) is 4. The summed E-state index contributed by atoms with van der Waals surface area (Å²) in [6.45, 7) is 5.48. The predicted octanol–water partition coefficient (Wildman–Crippen LogP) is 4.72. The van der Waals surface area contributed by atoms with Gasteiger partial charge in [0.2, 0.25) is 0 Å². The van der Waals surface area contributed by atoms with Gasteiger partial charge in [-0.3, -0.25) is 9.78 Å². The Morgan fingerprint density at radius 1 is 1.20 bits per heavy atom. The fourth-order valence-electron chi connectivity index (χ4n) is 4.91. The zero-order valence-corrected chi connectivity index (χ0v) is 20.4. The summed E-state index contributed by atoms with van der Waals surface area (Å²) < 4.78 is 20.9. The minimum absolute atomic E-state index is 0.0247. The van der Waals surface area contributed by atoms with Crippen molar-refractivity contribution in [2.45, 2.75) is 82.9 Å². The van der Waals surface area contributed by atoms with E-state index in [0.717, 1.165) is 30.5 Å². The van der Waals surface area contributed by atoms with Crippen molar-refractivity contribution in [2.75, 3.05) is 0 Å². The Morgan fingerprint density at radius 2 is 2.00 bits per heavy atom. The first-order valence-corrected chi connectivity index (χ1v) is 12.3. The largest absolute Gasteiger partial charge is 0.442 e. The molecular weight excluding hydrogens is 447 g/mol. The van der Waals surface area contributed by atoms with E-state index in [0.29, 0.717) is 30.5 Å². The first-order chi connectivity index (χ1) is 16.7. The van der Waals surface area contributed by atoms with Gasteiger partial charge in [0.1, 0.15) is 11.4 Å². The summed E-state index contributed by atoms with van der Waals surface area (Å²) in [6, 6.07) is 3.29. The van der Waals surface area contributed by atoms with Gasteiger partial charge in [-0.2, -0.15) is 9.78 Å². The van der Waals surface area contributed by atoms with Gasteiger partial charge in [0, 0.05) is 36.0 Å². The third-order valence-electron chi connectivity index (χ3n) is 6.68. The molecule has 184 valence electrons. The third kappa shape index (κ3) is 5.06. The van der Waals surface area contributed by atoms with Gasteiger partial charge in [0.05, 0.1) is 11.4 Å². The topological polar surface area (TPSA) is 77.3 Å². The van der Waals surface area contributed by atoms with E-state index in [1.54, 1.807) is 18.5 Å². The molecule has 2 unspecified atom stereocenters. The molecule has 3 aliphatic carbocycles. The number of hydrogen-bond donors (Lipinski definition) is 0. The first-order valence-electron chi connectivity index (χ1n) is 12.3. The number of carbonyl (C=O) groups is 2. The SMILES string of the molecule is CC(C)(C)OC(=O)n1cc2c(n1)CCC(N(C(=O)C1=CCC(c3ncccc3F)C=C1)C1CC1)C2. The second-order valence-corrected chi connectivity index (χ2v) is 10.6. The normalized spacial score (nSPS) is 21.8. The van der Waals surface area contributed by atoms with Crippen molar-refractivity contribution in [2.24, 2.45) is 0 Å². The molecule has 1 amide bonds. The van der Waals surface area contributed by atoms with E-state index in [1.165, 1.54) is 10.7 Å². The second-order valence-electron chi connectivity index (χ2n) is 10.6. The Morgan fingerprint density at radius 3 is 2.66 bits per heavy atom. The van der Waals surface area contributed by atoms with E-state index in [4.69, 9.17) is 4.74 Å². The van der Waals surface area contributed by atoms with E-state index >= 15 is 0 Å². The van der Waals surface area contributed by atoms with Crippen LogP contribution >= 0.6 is 0 Å². The van der Waals surface area contributed by atoms with Crippen molar-refractivity contribution in [3.8, 4) is 0 Å². The molecule has 2 aromatic rings.